The molecule has 5 aromatic carbocycles. The fourth-order valence-corrected chi connectivity index (χ4v) is 12.6. The van der Waals surface area contributed by atoms with Crippen molar-refractivity contribution in [2.24, 2.45) is 0 Å². The molecule has 0 saturated carbocycles. The third-order valence-corrected chi connectivity index (χ3v) is 14.1. The highest BCUT2D eigenvalue weighted by Gasteiger charge is 2.48. The first-order chi connectivity index (χ1) is 25.1. The molecule has 0 aliphatic heterocycles. The fraction of sp³-hybridized carbons (Fsp3) is 0.375. The molecular formula is C48H59O3P. The van der Waals surface area contributed by atoms with Gasteiger partial charge in [-0.15, -0.1) is 0 Å². The van der Waals surface area contributed by atoms with Crippen LogP contribution in [0.5, 0.6) is 11.5 Å². The Kier molecular flexibility index (Phi) is 13.6. The Bertz CT molecular complexity index is 1810. The zero-order valence-electron chi connectivity index (χ0n) is 32.8. The van der Waals surface area contributed by atoms with Gasteiger partial charge in [-0.25, -0.2) is 0 Å². The van der Waals surface area contributed by atoms with Crippen molar-refractivity contribution < 1.29 is 14.0 Å². The highest BCUT2D eigenvalue weighted by Crippen LogP contribution is 2.73. The average molecular weight is 715 g/mol. The molecule has 0 aliphatic carbocycles. The maximum absolute atomic E-state index is 17.8. The Morgan fingerprint density at radius 2 is 0.942 bits per heavy atom. The van der Waals surface area contributed by atoms with Gasteiger partial charge in [0.1, 0.15) is 18.6 Å². The van der Waals surface area contributed by atoms with Crippen LogP contribution in [0.15, 0.2) is 103 Å². The number of ether oxygens (including phenoxy) is 2. The molecule has 0 saturated heterocycles. The molecule has 0 fully saturated rings. The summed E-state index contributed by atoms with van der Waals surface area (Å²) in [5.74, 6) is 1.42. The van der Waals surface area contributed by atoms with Gasteiger partial charge < -0.3 is 14.0 Å². The zero-order chi connectivity index (χ0) is 37.3. The van der Waals surface area contributed by atoms with Gasteiger partial charge in [-0.05, 0) is 111 Å². The van der Waals surface area contributed by atoms with E-state index in [0.717, 1.165) is 94.1 Å². The van der Waals surface area contributed by atoms with Crippen molar-refractivity contribution in [2.45, 2.75) is 105 Å². The zero-order valence-corrected chi connectivity index (χ0v) is 33.7. The van der Waals surface area contributed by atoms with Gasteiger partial charge in [-0.3, -0.25) is 0 Å². The van der Waals surface area contributed by atoms with Gasteiger partial charge in [0.2, 0.25) is 0 Å². The Labute approximate surface area is 314 Å². The van der Waals surface area contributed by atoms with E-state index >= 15 is 4.57 Å². The maximum Gasteiger partial charge on any atom is 0.141 e. The number of aryl methyl sites for hydroxylation is 6. The first-order valence-electron chi connectivity index (χ1n) is 19.3. The summed E-state index contributed by atoms with van der Waals surface area (Å²) >= 11 is 0. The normalized spacial score (nSPS) is 13.7. The van der Waals surface area contributed by atoms with E-state index in [1.165, 1.54) is 11.1 Å². The largest absolute Gasteiger partial charge is 0.493 e. The van der Waals surface area contributed by atoms with Gasteiger partial charge in [0.25, 0.3) is 0 Å². The second-order valence-electron chi connectivity index (χ2n) is 14.7. The average Bonchev–Trinajstić information content (AvgIpc) is 3.12. The summed E-state index contributed by atoms with van der Waals surface area (Å²) < 4.78 is 30.9. The van der Waals surface area contributed by atoms with E-state index in [9.17, 15) is 0 Å². The van der Waals surface area contributed by atoms with Gasteiger partial charge >= 0.3 is 0 Å². The second-order valence-corrected chi connectivity index (χ2v) is 17.6. The molecule has 5 aromatic rings. The number of hydrogen-bond donors (Lipinski definition) is 0. The summed E-state index contributed by atoms with van der Waals surface area (Å²) in [6.07, 6.45) is 6.35. The lowest BCUT2D eigenvalue weighted by molar-refractivity contribution is 0.293. The molecule has 0 aliphatic rings. The van der Waals surface area contributed by atoms with Crippen LogP contribution in [0.3, 0.4) is 0 Å². The molecule has 0 bridgehead atoms. The summed E-state index contributed by atoms with van der Waals surface area (Å²) in [5, 5.41) is 0.770. The van der Waals surface area contributed by atoms with E-state index in [1.54, 1.807) is 0 Å². The molecule has 0 N–H and O–H groups in total. The van der Waals surface area contributed by atoms with Crippen molar-refractivity contribution in [3.63, 3.8) is 0 Å². The van der Waals surface area contributed by atoms with Crippen molar-refractivity contribution in [3.8, 4) is 11.5 Å². The summed E-state index contributed by atoms with van der Waals surface area (Å²) in [6, 6.07) is 36.2. The van der Waals surface area contributed by atoms with E-state index in [0.29, 0.717) is 19.0 Å². The number of hydrogen-bond acceptors (Lipinski definition) is 3. The molecule has 0 aromatic heterocycles. The van der Waals surface area contributed by atoms with Crippen LogP contribution < -0.4 is 14.8 Å². The lowest BCUT2D eigenvalue weighted by Gasteiger charge is -2.39. The highest BCUT2D eigenvalue weighted by atomic mass is 31.2. The smallest absolute Gasteiger partial charge is 0.141 e. The summed E-state index contributed by atoms with van der Waals surface area (Å²) in [7, 11) is -3.65. The molecule has 0 spiro atoms. The summed E-state index contributed by atoms with van der Waals surface area (Å²) in [4.78, 5) is 0. The van der Waals surface area contributed by atoms with Crippen molar-refractivity contribution in [1.82, 2.24) is 0 Å². The predicted octanol–water partition coefficient (Wildman–Crippen LogP) is 13.2. The van der Waals surface area contributed by atoms with Crippen LogP contribution in [0, 0.1) is 41.5 Å². The Hall–Kier alpha value is -4.07. The maximum atomic E-state index is 17.8. The quantitative estimate of drug-likeness (QED) is 0.0710. The third kappa shape index (κ3) is 8.75. The lowest BCUT2D eigenvalue weighted by Crippen LogP contribution is -2.24. The van der Waals surface area contributed by atoms with Crippen LogP contribution in [0.1, 0.15) is 119 Å². The number of benzene rings is 5. The first kappa shape index (κ1) is 39.1. The van der Waals surface area contributed by atoms with Gasteiger partial charge in [0.05, 0.1) is 29.8 Å². The fourth-order valence-electron chi connectivity index (χ4n) is 8.17. The summed E-state index contributed by atoms with van der Waals surface area (Å²) in [5.41, 5.74) is 10.4. The standard InChI is InChI=1S/C48H59O3P/c1-9-11-19-27-50-42-25-26-44(43(33-42)51-28-20-12-10-2)52(49,47(40-21-15-13-16-22-40)45-36(5)29-34(3)30-37(45)6)48(41-23-17-14-18-24-41)46-38(7)31-35(4)32-39(46)8/h13-18,21-26,29-33,47-48H,9-12,19-20,27-28H2,1-8H3. The minimum Gasteiger partial charge on any atom is -0.493 e. The van der Waals surface area contributed by atoms with E-state index in [-0.39, 0.29) is 0 Å². The molecule has 0 amide bonds. The van der Waals surface area contributed by atoms with Crippen LogP contribution in [-0.4, -0.2) is 13.2 Å². The molecule has 0 radical (unpaired) electrons. The summed E-state index contributed by atoms with van der Waals surface area (Å²) in [6.45, 7) is 18.6. The molecule has 0 heterocycles. The minimum absolute atomic E-state index is 0.450. The Morgan fingerprint density at radius 1 is 0.519 bits per heavy atom. The van der Waals surface area contributed by atoms with Crippen LogP contribution in [0.25, 0.3) is 0 Å². The molecule has 4 heteroatoms. The lowest BCUT2D eigenvalue weighted by atomic mass is 9.93. The van der Waals surface area contributed by atoms with Crippen LogP contribution in [0.4, 0.5) is 0 Å². The monoisotopic (exact) mass is 714 g/mol. The molecule has 274 valence electrons. The molecule has 52 heavy (non-hydrogen) atoms. The second kappa shape index (κ2) is 18.1. The van der Waals surface area contributed by atoms with Crippen LogP contribution in [0.2, 0.25) is 0 Å². The minimum atomic E-state index is -3.65. The highest BCUT2D eigenvalue weighted by molar-refractivity contribution is 7.73. The van der Waals surface area contributed by atoms with Gasteiger partial charge in [-0.2, -0.15) is 0 Å². The van der Waals surface area contributed by atoms with Crippen molar-refractivity contribution in [1.29, 1.82) is 0 Å². The predicted molar refractivity (Wildman–Crippen MR) is 222 cm³/mol. The van der Waals surface area contributed by atoms with E-state index in [1.807, 2.05) is 12.1 Å². The van der Waals surface area contributed by atoms with Crippen LogP contribution >= 0.6 is 7.14 Å². The van der Waals surface area contributed by atoms with E-state index in [2.05, 4.69) is 146 Å². The Balaban J connectivity index is 1.92. The first-order valence-corrected chi connectivity index (χ1v) is 21.2. The van der Waals surface area contributed by atoms with Gasteiger partial charge in [0, 0.05) is 6.07 Å². The number of rotatable bonds is 17. The SMILES string of the molecule is CCCCCOc1ccc(P(=O)(C(c2ccccc2)c2c(C)cc(C)cc2C)C(c2ccccc2)c2c(C)cc(C)cc2C)c(OCCCCC)c1. The Morgan fingerprint density at radius 3 is 1.37 bits per heavy atom. The van der Waals surface area contributed by atoms with Gasteiger partial charge in [0.15, 0.2) is 0 Å². The topological polar surface area (TPSA) is 35.5 Å². The molecule has 2 unspecified atom stereocenters. The molecule has 5 rings (SSSR count). The van der Waals surface area contributed by atoms with E-state index in [4.69, 9.17) is 9.47 Å². The van der Waals surface area contributed by atoms with Crippen molar-refractivity contribution >= 4 is 12.4 Å². The van der Waals surface area contributed by atoms with Crippen molar-refractivity contribution in [2.75, 3.05) is 13.2 Å². The van der Waals surface area contributed by atoms with Crippen LogP contribution in [-0.2, 0) is 4.57 Å². The molecular weight excluding hydrogens is 655 g/mol. The van der Waals surface area contributed by atoms with E-state index < -0.39 is 18.5 Å². The third-order valence-electron chi connectivity index (χ3n) is 10.4. The number of unbranched alkanes of at least 4 members (excludes halogenated alkanes) is 4. The molecule has 2 atom stereocenters. The van der Waals surface area contributed by atoms with Crippen molar-refractivity contribution in [3.05, 3.63) is 159 Å². The van der Waals surface area contributed by atoms with Gasteiger partial charge in [-0.1, -0.05) is 136 Å². The molecule has 3 nitrogen and oxygen atoms in total.